The molecule has 132 valence electrons. The number of carbonyl (C=O) groups excluding carboxylic acids is 1. The third kappa shape index (κ3) is 4.60. The second kappa shape index (κ2) is 7.70. The van der Waals surface area contributed by atoms with Crippen molar-refractivity contribution >= 4 is 5.91 Å². The van der Waals surface area contributed by atoms with E-state index in [-0.39, 0.29) is 18.1 Å². The molecule has 2 aromatic rings. The molecule has 0 aliphatic carbocycles. The number of hydrogen-bond acceptors (Lipinski definition) is 4. The number of aromatic nitrogens is 2. The molecule has 2 heterocycles. The molecule has 0 unspecified atom stereocenters. The molecule has 1 aromatic carbocycles. The number of benzene rings is 1. The van der Waals surface area contributed by atoms with Crippen molar-refractivity contribution in [3.05, 3.63) is 59.9 Å². The highest BCUT2D eigenvalue weighted by Crippen LogP contribution is 2.27. The van der Waals surface area contributed by atoms with Gasteiger partial charge in [0.25, 0.3) is 0 Å². The van der Waals surface area contributed by atoms with Crippen LogP contribution >= 0.6 is 0 Å². The number of aliphatic hydroxyl groups is 1. The Hall–Kier alpha value is -2.34. The molecule has 1 aliphatic rings. The number of carbonyl (C=O) groups is 1. The molecule has 5 nitrogen and oxygen atoms in total. The van der Waals surface area contributed by atoms with E-state index in [1.165, 1.54) is 12.4 Å². The molecule has 0 radical (unpaired) electrons. The average Bonchev–Trinajstić information content (AvgIpc) is 2.63. The van der Waals surface area contributed by atoms with Crippen molar-refractivity contribution in [2.75, 3.05) is 13.1 Å². The first-order chi connectivity index (χ1) is 12.1. The zero-order chi connectivity index (χ0) is 17.7. The number of hydrogen-bond donors (Lipinski definition) is 1. The summed E-state index contributed by atoms with van der Waals surface area (Å²) in [6.07, 6.45) is 5.31. The van der Waals surface area contributed by atoms with Gasteiger partial charge in [-0.2, -0.15) is 0 Å². The van der Waals surface area contributed by atoms with E-state index < -0.39 is 5.60 Å². The van der Waals surface area contributed by atoms with Crippen LogP contribution in [0, 0.1) is 5.82 Å². The van der Waals surface area contributed by atoms with E-state index in [9.17, 15) is 14.3 Å². The van der Waals surface area contributed by atoms with Crippen molar-refractivity contribution in [2.24, 2.45) is 0 Å². The summed E-state index contributed by atoms with van der Waals surface area (Å²) in [5.41, 5.74) is 0.413. The van der Waals surface area contributed by atoms with Gasteiger partial charge >= 0.3 is 0 Å². The molecule has 1 aliphatic heterocycles. The molecular weight excluding hydrogens is 321 g/mol. The molecule has 1 amide bonds. The maximum atomic E-state index is 13.8. The lowest BCUT2D eigenvalue weighted by molar-refractivity contribution is -0.135. The van der Waals surface area contributed by atoms with E-state index in [1.807, 2.05) is 0 Å². The molecule has 0 saturated carbocycles. The van der Waals surface area contributed by atoms with Crippen molar-refractivity contribution in [3.63, 3.8) is 0 Å². The van der Waals surface area contributed by atoms with Gasteiger partial charge in [0.2, 0.25) is 5.91 Å². The second-order valence-corrected chi connectivity index (χ2v) is 6.57. The lowest BCUT2D eigenvalue weighted by Gasteiger charge is -2.38. The smallest absolute Gasteiger partial charge is 0.222 e. The van der Waals surface area contributed by atoms with E-state index in [0.29, 0.717) is 44.3 Å². The topological polar surface area (TPSA) is 66.3 Å². The molecule has 0 bridgehead atoms. The van der Waals surface area contributed by atoms with Gasteiger partial charge in [0.05, 0.1) is 5.60 Å². The van der Waals surface area contributed by atoms with E-state index in [2.05, 4.69) is 9.97 Å². The van der Waals surface area contributed by atoms with E-state index in [0.717, 1.165) is 5.69 Å². The number of likely N-dealkylation sites (tertiary alicyclic amines) is 1. The summed E-state index contributed by atoms with van der Waals surface area (Å²) in [6.45, 7) is 0.987. The highest BCUT2D eigenvalue weighted by molar-refractivity contribution is 5.76. The van der Waals surface area contributed by atoms with Gasteiger partial charge in [0.1, 0.15) is 12.1 Å². The quantitative estimate of drug-likeness (QED) is 0.903. The molecule has 1 fully saturated rings. The minimum absolute atomic E-state index is 0.0616. The lowest BCUT2D eigenvalue weighted by Crippen LogP contribution is -2.47. The number of aryl methyl sites for hydroxylation is 1. The molecule has 1 aromatic heterocycles. The van der Waals surface area contributed by atoms with E-state index in [1.54, 1.807) is 35.4 Å². The van der Waals surface area contributed by atoms with Crippen molar-refractivity contribution in [1.82, 2.24) is 14.9 Å². The summed E-state index contributed by atoms with van der Waals surface area (Å²) in [7, 11) is 0. The Morgan fingerprint density at radius 3 is 2.68 bits per heavy atom. The summed E-state index contributed by atoms with van der Waals surface area (Å²) >= 11 is 0. The molecular formula is C19H22FN3O2. The molecule has 25 heavy (non-hydrogen) atoms. The molecule has 3 rings (SSSR count). The van der Waals surface area contributed by atoms with Crippen LogP contribution in [-0.2, 0) is 17.6 Å². The van der Waals surface area contributed by atoms with E-state index >= 15 is 0 Å². The Bertz CT molecular complexity index is 716. The number of nitrogens with zero attached hydrogens (tertiary/aromatic N) is 3. The maximum Gasteiger partial charge on any atom is 0.222 e. The Morgan fingerprint density at radius 2 is 2.00 bits per heavy atom. The van der Waals surface area contributed by atoms with Crippen LogP contribution in [0.3, 0.4) is 0 Å². The van der Waals surface area contributed by atoms with Crippen LogP contribution in [-0.4, -0.2) is 44.6 Å². The summed E-state index contributed by atoms with van der Waals surface area (Å²) < 4.78 is 13.8. The van der Waals surface area contributed by atoms with Gasteiger partial charge in [-0.15, -0.1) is 0 Å². The summed E-state index contributed by atoms with van der Waals surface area (Å²) in [5, 5.41) is 10.7. The fraction of sp³-hybridized carbons (Fsp3) is 0.421. The fourth-order valence-electron chi connectivity index (χ4n) is 3.20. The normalized spacial score (nSPS) is 16.6. The highest BCUT2D eigenvalue weighted by atomic mass is 19.1. The molecule has 0 spiro atoms. The molecule has 6 heteroatoms. The summed E-state index contributed by atoms with van der Waals surface area (Å²) in [6, 6.07) is 8.32. The fourth-order valence-corrected chi connectivity index (χ4v) is 3.20. The predicted octanol–water partition coefficient (Wildman–Crippen LogP) is 2.14. The average molecular weight is 343 g/mol. The SMILES string of the molecule is O=C(CCc1ccncn1)N1CCC(O)(Cc2ccccc2F)CC1. The summed E-state index contributed by atoms with van der Waals surface area (Å²) in [4.78, 5) is 22.1. The Kier molecular flexibility index (Phi) is 5.38. The van der Waals surface area contributed by atoms with Gasteiger partial charge in [-0.1, -0.05) is 18.2 Å². The second-order valence-electron chi connectivity index (χ2n) is 6.57. The largest absolute Gasteiger partial charge is 0.389 e. The van der Waals surface area contributed by atoms with Crippen LogP contribution < -0.4 is 0 Å². The zero-order valence-corrected chi connectivity index (χ0v) is 14.1. The number of rotatable bonds is 5. The number of halogens is 1. The van der Waals surface area contributed by atoms with Crippen LogP contribution in [0.25, 0.3) is 0 Å². The maximum absolute atomic E-state index is 13.8. The van der Waals surface area contributed by atoms with Crippen LogP contribution in [0.2, 0.25) is 0 Å². The van der Waals surface area contributed by atoms with Crippen molar-refractivity contribution in [3.8, 4) is 0 Å². The number of piperidine rings is 1. The highest BCUT2D eigenvalue weighted by Gasteiger charge is 2.34. The Morgan fingerprint density at radius 1 is 1.24 bits per heavy atom. The number of amides is 1. The van der Waals surface area contributed by atoms with Crippen LogP contribution in [0.15, 0.2) is 42.9 Å². The standard InChI is InChI=1S/C19H22FN3O2/c20-17-4-2-1-3-15(17)13-19(25)8-11-23(12-9-19)18(24)6-5-16-7-10-21-14-22-16/h1-4,7,10,14,25H,5-6,8-9,11-13H2. The Labute approximate surface area is 146 Å². The van der Waals surface area contributed by atoms with Gasteiger partial charge in [0, 0.05) is 37.8 Å². The lowest BCUT2D eigenvalue weighted by atomic mass is 9.85. The predicted molar refractivity (Wildman–Crippen MR) is 91.2 cm³/mol. The first-order valence-corrected chi connectivity index (χ1v) is 8.54. The van der Waals surface area contributed by atoms with Crippen molar-refractivity contribution in [2.45, 2.75) is 37.7 Å². The van der Waals surface area contributed by atoms with Crippen molar-refractivity contribution < 1.29 is 14.3 Å². The summed E-state index contributed by atoms with van der Waals surface area (Å²) in [5.74, 6) is -0.231. The third-order valence-electron chi connectivity index (χ3n) is 4.76. The minimum atomic E-state index is -0.953. The molecule has 0 atom stereocenters. The zero-order valence-electron chi connectivity index (χ0n) is 14.1. The minimum Gasteiger partial charge on any atom is -0.389 e. The van der Waals surface area contributed by atoms with Crippen LogP contribution in [0.4, 0.5) is 4.39 Å². The van der Waals surface area contributed by atoms with Gasteiger partial charge in [0.15, 0.2) is 0 Å². The van der Waals surface area contributed by atoms with Gasteiger partial charge < -0.3 is 10.0 Å². The van der Waals surface area contributed by atoms with Gasteiger partial charge in [-0.25, -0.2) is 14.4 Å². The first kappa shape index (κ1) is 17.5. The monoisotopic (exact) mass is 343 g/mol. The Balaban J connectivity index is 1.50. The van der Waals surface area contributed by atoms with E-state index in [4.69, 9.17) is 0 Å². The molecule has 1 saturated heterocycles. The van der Waals surface area contributed by atoms with Gasteiger partial charge in [-0.3, -0.25) is 4.79 Å². The van der Waals surface area contributed by atoms with Gasteiger partial charge in [-0.05, 0) is 37.0 Å². The third-order valence-corrected chi connectivity index (χ3v) is 4.76. The van der Waals surface area contributed by atoms with Crippen LogP contribution in [0.1, 0.15) is 30.5 Å². The van der Waals surface area contributed by atoms with Crippen LogP contribution in [0.5, 0.6) is 0 Å². The first-order valence-electron chi connectivity index (χ1n) is 8.54. The van der Waals surface area contributed by atoms with Crippen molar-refractivity contribution in [1.29, 1.82) is 0 Å². The molecule has 1 N–H and O–H groups in total.